The van der Waals surface area contributed by atoms with Crippen LogP contribution in [0.1, 0.15) is 25.6 Å². The van der Waals surface area contributed by atoms with E-state index in [2.05, 4.69) is 23.7 Å². The lowest BCUT2D eigenvalue weighted by atomic mass is 10.2. The summed E-state index contributed by atoms with van der Waals surface area (Å²) >= 11 is 0. The number of hydrogen-bond donors (Lipinski definition) is 1. The molecule has 0 radical (unpaired) electrons. The first kappa shape index (κ1) is 10.8. The van der Waals surface area contributed by atoms with Crippen LogP contribution in [-0.2, 0) is 13.5 Å². The van der Waals surface area contributed by atoms with E-state index >= 15 is 0 Å². The van der Waals surface area contributed by atoms with E-state index in [1.165, 1.54) is 0 Å². The second-order valence-corrected chi connectivity index (χ2v) is 3.35. The third-order valence-corrected chi connectivity index (χ3v) is 2.05. The number of nitrogens with zero attached hydrogens (tertiary/aromatic N) is 2. The number of aryl methyl sites for hydroxylation is 1. The molecule has 0 fully saturated rings. The molecule has 0 aliphatic carbocycles. The van der Waals surface area contributed by atoms with Gasteiger partial charge in [0.25, 0.3) is 0 Å². The summed E-state index contributed by atoms with van der Waals surface area (Å²) in [5.74, 6) is 7.07. The summed E-state index contributed by atoms with van der Waals surface area (Å²) in [6.45, 7) is 2.11. The quantitative estimate of drug-likeness (QED) is 0.727. The molecule has 0 aliphatic rings. The van der Waals surface area contributed by atoms with Crippen LogP contribution in [0.15, 0.2) is 12.4 Å². The Morgan fingerprint density at radius 1 is 1.64 bits per heavy atom. The van der Waals surface area contributed by atoms with Crippen molar-refractivity contribution in [3.63, 3.8) is 0 Å². The fraction of sp³-hybridized carbons (Fsp3) is 0.545. The minimum Gasteiger partial charge on any atom is -0.337 e. The van der Waals surface area contributed by atoms with Gasteiger partial charge < -0.3 is 10.3 Å². The van der Waals surface area contributed by atoms with Gasteiger partial charge in [-0.2, -0.15) is 0 Å². The van der Waals surface area contributed by atoms with E-state index in [4.69, 9.17) is 5.73 Å². The summed E-state index contributed by atoms with van der Waals surface area (Å²) in [4.78, 5) is 4.18. The molecule has 3 heteroatoms. The highest BCUT2D eigenvalue weighted by atomic mass is 15.0. The molecule has 3 nitrogen and oxygen atoms in total. The number of aromatic nitrogens is 2. The summed E-state index contributed by atoms with van der Waals surface area (Å²) in [7, 11) is 1.97. The van der Waals surface area contributed by atoms with Crippen LogP contribution in [0, 0.1) is 11.8 Å². The van der Waals surface area contributed by atoms with Crippen molar-refractivity contribution in [3.05, 3.63) is 18.2 Å². The molecular formula is C11H17N3. The van der Waals surface area contributed by atoms with Crippen molar-refractivity contribution in [2.45, 2.75) is 32.2 Å². The van der Waals surface area contributed by atoms with E-state index in [9.17, 15) is 0 Å². The van der Waals surface area contributed by atoms with Gasteiger partial charge in [-0.3, -0.25) is 0 Å². The van der Waals surface area contributed by atoms with Gasteiger partial charge in [-0.15, -0.1) is 0 Å². The van der Waals surface area contributed by atoms with E-state index in [-0.39, 0.29) is 6.04 Å². The Balaban J connectivity index is 2.43. The van der Waals surface area contributed by atoms with Crippen molar-refractivity contribution in [1.29, 1.82) is 0 Å². The Labute approximate surface area is 85.3 Å². The Hall–Kier alpha value is -1.27. The van der Waals surface area contributed by atoms with Crippen molar-refractivity contribution >= 4 is 0 Å². The molecule has 0 saturated heterocycles. The highest BCUT2D eigenvalue weighted by Gasteiger charge is 1.96. The maximum Gasteiger partial charge on any atom is 0.120 e. The zero-order chi connectivity index (χ0) is 10.4. The van der Waals surface area contributed by atoms with E-state index in [0.29, 0.717) is 6.42 Å². The van der Waals surface area contributed by atoms with Crippen LogP contribution in [0.3, 0.4) is 0 Å². The number of nitrogens with two attached hydrogens (primary N) is 1. The molecule has 1 atom stereocenters. The highest BCUT2D eigenvalue weighted by molar-refractivity contribution is 5.11. The number of imidazole rings is 1. The van der Waals surface area contributed by atoms with Crippen LogP contribution in [0.2, 0.25) is 0 Å². The topological polar surface area (TPSA) is 43.8 Å². The Kier molecular flexibility index (Phi) is 4.21. The fourth-order valence-corrected chi connectivity index (χ4v) is 1.21. The highest BCUT2D eigenvalue weighted by Crippen LogP contribution is 1.95. The van der Waals surface area contributed by atoms with Gasteiger partial charge in [0.15, 0.2) is 0 Å². The minimum atomic E-state index is 0.0141. The Morgan fingerprint density at radius 3 is 3.00 bits per heavy atom. The van der Waals surface area contributed by atoms with Crippen molar-refractivity contribution in [2.24, 2.45) is 12.8 Å². The Morgan fingerprint density at radius 2 is 2.43 bits per heavy atom. The van der Waals surface area contributed by atoms with Crippen molar-refractivity contribution in [2.75, 3.05) is 0 Å². The predicted molar refractivity (Wildman–Crippen MR) is 57.6 cm³/mol. The van der Waals surface area contributed by atoms with Crippen molar-refractivity contribution < 1.29 is 0 Å². The molecule has 0 spiro atoms. The van der Waals surface area contributed by atoms with E-state index in [1.54, 1.807) is 6.20 Å². The summed E-state index contributed by atoms with van der Waals surface area (Å²) < 4.78 is 1.97. The van der Waals surface area contributed by atoms with Gasteiger partial charge in [0.2, 0.25) is 0 Å². The second-order valence-electron chi connectivity index (χ2n) is 3.35. The average molecular weight is 191 g/mol. The van der Waals surface area contributed by atoms with Crippen LogP contribution in [0.4, 0.5) is 0 Å². The maximum atomic E-state index is 5.76. The molecular weight excluding hydrogens is 174 g/mol. The lowest BCUT2D eigenvalue weighted by molar-refractivity contribution is 0.719. The second kappa shape index (κ2) is 5.46. The van der Waals surface area contributed by atoms with Crippen molar-refractivity contribution in [1.82, 2.24) is 9.55 Å². The van der Waals surface area contributed by atoms with Gasteiger partial charge in [0, 0.05) is 19.4 Å². The van der Waals surface area contributed by atoms with Gasteiger partial charge >= 0.3 is 0 Å². The molecule has 1 unspecified atom stereocenters. The normalized spacial score (nSPS) is 11.9. The molecule has 0 aromatic carbocycles. The average Bonchev–Trinajstić information content (AvgIpc) is 2.52. The zero-order valence-corrected chi connectivity index (χ0v) is 8.83. The summed E-state index contributed by atoms with van der Waals surface area (Å²) in [6, 6.07) is 0.0141. The van der Waals surface area contributed by atoms with E-state index in [1.807, 2.05) is 17.8 Å². The summed E-state index contributed by atoms with van der Waals surface area (Å²) in [5, 5.41) is 0. The molecule has 14 heavy (non-hydrogen) atoms. The standard InChI is InChI=1S/C11H17N3/c1-3-5-10(12)6-4-7-11-13-8-9-14(11)2/h8-10H,3,5,7,12H2,1-2H3. The third kappa shape index (κ3) is 3.23. The Bertz CT molecular complexity index is 330. The van der Waals surface area contributed by atoms with Gasteiger partial charge in [0.05, 0.1) is 12.5 Å². The van der Waals surface area contributed by atoms with Gasteiger partial charge in [-0.1, -0.05) is 25.2 Å². The molecule has 1 aromatic rings. The maximum absolute atomic E-state index is 5.76. The molecule has 76 valence electrons. The molecule has 0 bridgehead atoms. The largest absolute Gasteiger partial charge is 0.337 e. The molecule has 1 rings (SSSR count). The molecule has 1 heterocycles. The number of hydrogen-bond acceptors (Lipinski definition) is 2. The predicted octanol–water partition coefficient (Wildman–Crippen LogP) is 1.09. The van der Waals surface area contributed by atoms with E-state index < -0.39 is 0 Å². The van der Waals surface area contributed by atoms with Gasteiger partial charge in [-0.25, -0.2) is 4.98 Å². The minimum absolute atomic E-state index is 0.0141. The SMILES string of the molecule is CCCC(N)C#CCc1nccn1C. The van der Waals surface area contributed by atoms with Gasteiger partial charge in [0.1, 0.15) is 5.82 Å². The smallest absolute Gasteiger partial charge is 0.120 e. The summed E-state index contributed by atoms with van der Waals surface area (Å²) in [6.07, 6.45) is 6.43. The first-order valence-corrected chi connectivity index (χ1v) is 4.94. The molecule has 0 amide bonds. The molecule has 2 N–H and O–H groups in total. The first-order valence-electron chi connectivity index (χ1n) is 4.94. The van der Waals surface area contributed by atoms with Crippen LogP contribution in [0.25, 0.3) is 0 Å². The monoisotopic (exact) mass is 191 g/mol. The first-order chi connectivity index (χ1) is 6.74. The summed E-state index contributed by atoms with van der Waals surface area (Å²) in [5.41, 5.74) is 5.76. The lowest BCUT2D eigenvalue weighted by Crippen LogP contribution is -2.16. The molecule has 0 saturated carbocycles. The number of rotatable bonds is 3. The van der Waals surface area contributed by atoms with Crippen LogP contribution >= 0.6 is 0 Å². The molecule has 1 aromatic heterocycles. The van der Waals surface area contributed by atoms with Crippen LogP contribution < -0.4 is 5.73 Å². The van der Waals surface area contributed by atoms with E-state index in [0.717, 1.165) is 18.7 Å². The zero-order valence-electron chi connectivity index (χ0n) is 8.83. The van der Waals surface area contributed by atoms with Crippen LogP contribution in [0.5, 0.6) is 0 Å². The molecule has 0 aliphatic heterocycles. The van der Waals surface area contributed by atoms with Crippen LogP contribution in [-0.4, -0.2) is 15.6 Å². The third-order valence-electron chi connectivity index (χ3n) is 2.05. The fourth-order valence-electron chi connectivity index (χ4n) is 1.21. The van der Waals surface area contributed by atoms with Crippen molar-refractivity contribution in [3.8, 4) is 11.8 Å². The lowest BCUT2D eigenvalue weighted by Gasteiger charge is -1.99. The van der Waals surface area contributed by atoms with Gasteiger partial charge in [-0.05, 0) is 6.42 Å².